The van der Waals surface area contributed by atoms with Crippen molar-refractivity contribution in [3.63, 3.8) is 0 Å². The summed E-state index contributed by atoms with van der Waals surface area (Å²) in [4.78, 5) is 24.3. The Morgan fingerprint density at radius 2 is 1.59 bits per heavy atom. The third-order valence-electron chi connectivity index (χ3n) is 4.24. The minimum absolute atomic E-state index is 0.144. The van der Waals surface area contributed by atoms with Gasteiger partial charge in [-0.2, -0.15) is 0 Å². The summed E-state index contributed by atoms with van der Waals surface area (Å²) in [6, 6.07) is 17.7. The molecular weight excluding hydrogens is 371 g/mol. The number of ether oxygens (including phenoxy) is 1. The van der Waals surface area contributed by atoms with Gasteiger partial charge in [0.25, 0.3) is 11.8 Å². The van der Waals surface area contributed by atoms with Gasteiger partial charge in [0.05, 0.1) is 0 Å². The summed E-state index contributed by atoms with van der Waals surface area (Å²) in [6.07, 6.45) is 0. The topological polar surface area (TPSA) is 67.4 Å². The molecule has 0 saturated heterocycles. The molecule has 0 atom stereocenters. The minimum Gasteiger partial charge on any atom is -0.484 e. The highest BCUT2D eigenvalue weighted by atomic mass is 19.1. The molecule has 2 N–H and O–H groups in total. The molecule has 0 aliphatic rings. The second-order valence-electron chi connectivity index (χ2n) is 6.64. The van der Waals surface area contributed by atoms with Crippen molar-refractivity contribution in [2.24, 2.45) is 0 Å². The van der Waals surface area contributed by atoms with Crippen molar-refractivity contribution in [3.05, 3.63) is 89.2 Å². The van der Waals surface area contributed by atoms with E-state index in [9.17, 15) is 14.0 Å². The summed E-state index contributed by atoms with van der Waals surface area (Å²) in [5.74, 6) is -0.490. The number of anilines is 2. The molecule has 0 spiro atoms. The average Bonchev–Trinajstić information content (AvgIpc) is 2.70. The lowest BCUT2D eigenvalue weighted by molar-refractivity contribution is -0.118. The van der Waals surface area contributed by atoms with Gasteiger partial charge in [0.2, 0.25) is 0 Å². The van der Waals surface area contributed by atoms with E-state index >= 15 is 0 Å². The fraction of sp³-hybridized carbons (Fsp3) is 0.130. The Hall–Kier alpha value is -3.67. The molecule has 3 aromatic carbocycles. The lowest BCUT2D eigenvalue weighted by Gasteiger charge is -2.10. The highest BCUT2D eigenvalue weighted by molar-refractivity contribution is 6.04. The van der Waals surface area contributed by atoms with E-state index < -0.39 is 0 Å². The van der Waals surface area contributed by atoms with Crippen LogP contribution in [0.2, 0.25) is 0 Å². The maximum Gasteiger partial charge on any atom is 0.262 e. The molecule has 2 amide bonds. The number of halogens is 1. The van der Waals surface area contributed by atoms with E-state index in [1.165, 1.54) is 24.3 Å². The molecule has 0 aliphatic heterocycles. The second-order valence-corrected chi connectivity index (χ2v) is 6.64. The van der Waals surface area contributed by atoms with Gasteiger partial charge in [-0.05, 0) is 74.0 Å². The Balaban J connectivity index is 1.52. The number of nitrogens with one attached hydrogen (secondary N) is 2. The van der Waals surface area contributed by atoms with Gasteiger partial charge in [-0.1, -0.05) is 17.7 Å². The molecule has 0 unspecified atom stereocenters. The number of rotatable bonds is 6. The maximum absolute atomic E-state index is 12.9. The van der Waals surface area contributed by atoms with E-state index in [2.05, 4.69) is 10.6 Å². The first kappa shape index (κ1) is 20.1. The molecule has 5 nitrogen and oxygen atoms in total. The van der Waals surface area contributed by atoms with Gasteiger partial charge in [-0.3, -0.25) is 9.59 Å². The van der Waals surface area contributed by atoms with Gasteiger partial charge < -0.3 is 15.4 Å². The van der Waals surface area contributed by atoms with Gasteiger partial charge in [0.15, 0.2) is 6.61 Å². The number of hydrogen-bond acceptors (Lipinski definition) is 3. The first-order valence-electron chi connectivity index (χ1n) is 9.07. The van der Waals surface area contributed by atoms with Crippen LogP contribution in [-0.2, 0) is 4.79 Å². The summed E-state index contributed by atoms with van der Waals surface area (Å²) in [6.45, 7) is 3.78. The van der Waals surface area contributed by atoms with Crippen molar-refractivity contribution < 1.29 is 18.7 Å². The molecular formula is C23H21FN2O3. The zero-order valence-electron chi connectivity index (χ0n) is 16.2. The SMILES string of the molecule is Cc1ccc(NC(=O)COc2ccc(C(=O)Nc3ccc(F)cc3)cc2)c(C)c1. The van der Waals surface area contributed by atoms with Crippen LogP contribution < -0.4 is 15.4 Å². The number of hydrogen-bond donors (Lipinski definition) is 2. The Morgan fingerprint density at radius 1 is 0.897 bits per heavy atom. The quantitative estimate of drug-likeness (QED) is 0.638. The van der Waals surface area contributed by atoms with Crippen LogP contribution in [0.15, 0.2) is 66.7 Å². The molecule has 0 radical (unpaired) electrons. The number of amides is 2. The zero-order chi connectivity index (χ0) is 20.8. The normalized spacial score (nSPS) is 10.3. The molecule has 3 rings (SSSR count). The Morgan fingerprint density at radius 3 is 2.24 bits per heavy atom. The molecule has 0 heterocycles. The fourth-order valence-corrected chi connectivity index (χ4v) is 2.73. The molecule has 0 aromatic heterocycles. The van der Waals surface area contributed by atoms with Crippen LogP contribution >= 0.6 is 0 Å². The molecule has 0 bridgehead atoms. The van der Waals surface area contributed by atoms with Crippen molar-refractivity contribution in [2.75, 3.05) is 17.2 Å². The largest absolute Gasteiger partial charge is 0.484 e. The fourth-order valence-electron chi connectivity index (χ4n) is 2.73. The highest BCUT2D eigenvalue weighted by Crippen LogP contribution is 2.17. The van der Waals surface area contributed by atoms with Crippen molar-refractivity contribution in [3.8, 4) is 5.75 Å². The summed E-state index contributed by atoms with van der Waals surface area (Å²) >= 11 is 0. The lowest BCUT2D eigenvalue weighted by atomic mass is 10.1. The average molecular weight is 392 g/mol. The highest BCUT2D eigenvalue weighted by Gasteiger charge is 2.09. The van der Waals surface area contributed by atoms with Crippen LogP contribution in [0.4, 0.5) is 15.8 Å². The number of benzene rings is 3. The smallest absolute Gasteiger partial charge is 0.262 e. The summed E-state index contributed by atoms with van der Waals surface area (Å²) in [5.41, 5.74) is 3.77. The predicted octanol–water partition coefficient (Wildman–Crippen LogP) is 4.71. The molecule has 0 saturated carbocycles. The molecule has 3 aromatic rings. The van der Waals surface area contributed by atoms with E-state index in [4.69, 9.17) is 4.74 Å². The predicted molar refractivity (Wildman–Crippen MR) is 111 cm³/mol. The third-order valence-corrected chi connectivity index (χ3v) is 4.24. The van der Waals surface area contributed by atoms with E-state index in [0.717, 1.165) is 16.8 Å². The van der Waals surface area contributed by atoms with Crippen LogP contribution in [0.25, 0.3) is 0 Å². The Kier molecular flexibility index (Phi) is 6.24. The first-order valence-corrected chi connectivity index (χ1v) is 9.07. The Bertz CT molecular complexity index is 1020. The minimum atomic E-state index is -0.369. The van der Waals surface area contributed by atoms with Crippen molar-refractivity contribution in [1.29, 1.82) is 0 Å². The molecule has 6 heteroatoms. The summed E-state index contributed by atoms with van der Waals surface area (Å²) < 4.78 is 18.4. The van der Waals surface area contributed by atoms with Gasteiger partial charge in [-0.25, -0.2) is 4.39 Å². The zero-order valence-corrected chi connectivity index (χ0v) is 16.2. The van der Waals surface area contributed by atoms with Crippen molar-refractivity contribution in [2.45, 2.75) is 13.8 Å². The van der Waals surface area contributed by atoms with E-state index in [-0.39, 0.29) is 24.2 Å². The monoisotopic (exact) mass is 392 g/mol. The van der Waals surface area contributed by atoms with Crippen LogP contribution in [0.3, 0.4) is 0 Å². The maximum atomic E-state index is 12.9. The van der Waals surface area contributed by atoms with Gasteiger partial charge in [0, 0.05) is 16.9 Å². The molecule has 0 fully saturated rings. The number of aryl methyl sites for hydroxylation is 2. The van der Waals surface area contributed by atoms with Crippen LogP contribution in [0.1, 0.15) is 21.5 Å². The molecule has 29 heavy (non-hydrogen) atoms. The van der Waals surface area contributed by atoms with E-state index in [0.29, 0.717) is 17.0 Å². The van der Waals surface area contributed by atoms with Gasteiger partial charge in [-0.15, -0.1) is 0 Å². The van der Waals surface area contributed by atoms with Crippen LogP contribution in [0, 0.1) is 19.7 Å². The Labute approximate surface area is 168 Å². The van der Waals surface area contributed by atoms with E-state index in [1.54, 1.807) is 24.3 Å². The summed E-state index contributed by atoms with van der Waals surface area (Å²) in [7, 11) is 0. The standard InChI is InChI=1S/C23H21FN2O3/c1-15-3-12-21(16(2)13-15)26-22(27)14-29-20-10-4-17(5-11-20)23(28)25-19-8-6-18(24)7-9-19/h3-13H,14H2,1-2H3,(H,25,28)(H,26,27). The molecule has 0 aliphatic carbocycles. The number of carbonyl (C=O) groups excluding carboxylic acids is 2. The van der Waals surface area contributed by atoms with Crippen molar-refractivity contribution in [1.82, 2.24) is 0 Å². The second kappa shape index (κ2) is 9.01. The molecule has 148 valence electrons. The third kappa shape index (κ3) is 5.65. The van der Waals surface area contributed by atoms with Crippen LogP contribution in [0.5, 0.6) is 5.75 Å². The van der Waals surface area contributed by atoms with Gasteiger partial charge >= 0.3 is 0 Å². The number of carbonyl (C=O) groups is 2. The van der Waals surface area contributed by atoms with Gasteiger partial charge in [0.1, 0.15) is 11.6 Å². The van der Waals surface area contributed by atoms with Crippen LogP contribution in [-0.4, -0.2) is 18.4 Å². The first-order chi connectivity index (χ1) is 13.9. The lowest BCUT2D eigenvalue weighted by Crippen LogP contribution is -2.20. The summed E-state index contributed by atoms with van der Waals surface area (Å²) in [5, 5.41) is 5.49. The van der Waals surface area contributed by atoms with E-state index in [1.807, 2.05) is 32.0 Å². The van der Waals surface area contributed by atoms with Crippen molar-refractivity contribution >= 4 is 23.2 Å².